The quantitative estimate of drug-likeness (QED) is 0.705. The van der Waals surface area contributed by atoms with E-state index >= 15 is 0 Å². The Morgan fingerprint density at radius 3 is 2.46 bits per heavy atom. The Balaban J connectivity index is 2.64. The second-order valence-electron chi connectivity index (χ2n) is 3.54. The average molecular weight is 174 g/mol. The zero-order chi connectivity index (χ0) is 9.68. The molecule has 1 atom stereocenters. The van der Waals surface area contributed by atoms with Gasteiger partial charge in [0.1, 0.15) is 0 Å². The van der Waals surface area contributed by atoms with Crippen LogP contribution in [0.4, 0.5) is 0 Å². The van der Waals surface area contributed by atoms with Gasteiger partial charge in [-0.25, -0.2) is 0 Å². The molecule has 0 aromatic carbocycles. The van der Waals surface area contributed by atoms with Crippen LogP contribution in [0.1, 0.15) is 19.4 Å². The van der Waals surface area contributed by atoms with Crippen molar-refractivity contribution >= 4 is 0 Å². The van der Waals surface area contributed by atoms with Crippen LogP contribution in [0.3, 0.4) is 0 Å². The van der Waals surface area contributed by atoms with Gasteiger partial charge in [-0.1, -0.05) is 13.8 Å². The molecule has 2 nitrogen and oxygen atoms in total. The Bertz CT molecular complexity index is 285. The Labute approximate surface area is 79.2 Å². The molecule has 2 heteroatoms. The van der Waals surface area contributed by atoms with Gasteiger partial charge in [0, 0.05) is 12.4 Å². The maximum absolute atomic E-state index is 8.89. The summed E-state index contributed by atoms with van der Waals surface area (Å²) in [6, 6.07) is 6.26. The molecule has 1 rings (SSSR count). The van der Waals surface area contributed by atoms with Crippen molar-refractivity contribution in [1.29, 1.82) is 5.26 Å². The minimum Gasteiger partial charge on any atom is -0.265 e. The first kappa shape index (κ1) is 9.73. The Hall–Kier alpha value is -1.36. The summed E-state index contributed by atoms with van der Waals surface area (Å²) in [6.45, 7) is 4.16. The maximum atomic E-state index is 8.89. The first-order valence-corrected chi connectivity index (χ1v) is 4.52. The van der Waals surface area contributed by atoms with Crippen LogP contribution in [-0.4, -0.2) is 4.98 Å². The van der Waals surface area contributed by atoms with Gasteiger partial charge < -0.3 is 0 Å². The summed E-state index contributed by atoms with van der Waals surface area (Å²) >= 11 is 0. The standard InChI is InChI=1S/C11H14N2/c1-9(2)11(8-12)7-10-3-5-13-6-4-10/h3-6,9,11H,7H2,1-2H3. The predicted octanol–water partition coefficient (Wildman–Crippen LogP) is 2.42. The van der Waals surface area contributed by atoms with Crippen LogP contribution in [0, 0.1) is 23.2 Å². The Kier molecular flexibility index (Phi) is 3.45. The van der Waals surface area contributed by atoms with E-state index in [1.807, 2.05) is 12.1 Å². The molecule has 1 aromatic rings. The summed E-state index contributed by atoms with van der Waals surface area (Å²) in [7, 11) is 0. The molecule has 0 bridgehead atoms. The number of nitriles is 1. The highest BCUT2D eigenvalue weighted by Crippen LogP contribution is 2.15. The number of hydrogen-bond acceptors (Lipinski definition) is 2. The van der Waals surface area contributed by atoms with Crippen LogP contribution in [0.2, 0.25) is 0 Å². The molecule has 0 spiro atoms. The van der Waals surface area contributed by atoms with Gasteiger partial charge in [0.25, 0.3) is 0 Å². The van der Waals surface area contributed by atoms with Crippen LogP contribution in [-0.2, 0) is 6.42 Å². The van der Waals surface area contributed by atoms with E-state index in [2.05, 4.69) is 24.9 Å². The van der Waals surface area contributed by atoms with Crippen molar-refractivity contribution in [3.63, 3.8) is 0 Å². The lowest BCUT2D eigenvalue weighted by Crippen LogP contribution is -2.09. The largest absolute Gasteiger partial charge is 0.265 e. The van der Waals surface area contributed by atoms with Gasteiger partial charge in [-0.05, 0) is 30.0 Å². The Morgan fingerprint density at radius 1 is 1.38 bits per heavy atom. The van der Waals surface area contributed by atoms with Crippen molar-refractivity contribution in [3.05, 3.63) is 30.1 Å². The number of nitrogens with zero attached hydrogens (tertiary/aromatic N) is 2. The fraction of sp³-hybridized carbons (Fsp3) is 0.455. The molecule has 68 valence electrons. The third-order valence-corrected chi connectivity index (χ3v) is 2.18. The maximum Gasteiger partial charge on any atom is 0.0661 e. The van der Waals surface area contributed by atoms with Crippen molar-refractivity contribution < 1.29 is 0 Å². The van der Waals surface area contributed by atoms with Crippen LogP contribution in [0.15, 0.2) is 24.5 Å². The van der Waals surface area contributed by atoms with E-state index in [9.17, 15) is 0 Å². The van der Waals surface area contributed by atoms with Crippen molar-refractivity contribution in [1.82, 2.24) is 4.98 Å². The van der Waals surface area contributed by atoms with Crippen molar-refractivity contribution in [2.24, 2.45) is 11.8 Å². The van der Waals surface area contributed by atoms with E-state index < -0.39 is 0 Å². The smallest absolute Gasteiger partial charge is 0.0661 e. The molecular weight excluding hydrogens is 160 g/mol. The molecule has 0 amide bonds. The van der Waals surface area contributed by atoms with Crippen LogP contribution >= 0.6 is 0 Å². The molecule has 0 radical (unpaired) electrons. The molecule has 0 aliphatic heterocycles. The third kappa shape index (κ3) is 2.87. The molecule has 0 N–H and O–H groups in total. The monoisotopic (exact) mass is 174 g/mol. The van der Waals surface area contributed by atoms with E-state index in [1.54, 1.807) is 12.4 Å². The van der Waals surface area contributed by atoms with Gasteiger partial charge in [0.2, 0.25) is 0 Å². The number of rotatable bonds is 3. The van der Waals surface area contributed by atoms with Gasteiger partial charge in [-0.2, -0.15) is 5.26 Å². The van der Waals surface area contributed by atoms with E-state index in [1.165, 1.54) is 5.56 Å². The summed E-state index contributed by atoms with van der Waals surface area (Å²) < 4.78 is 0. The summed E-state index contributed by atoms with van der Waals surface area (Å²) in [5.41, 5.74) is 1.19. The normalized spacial score (nSPS) is 12.5. The first-order chi connectivity index (χ1) is 6.24. The molecule has 0 fully saturated rings. The SMILES string of the molecule is CC(C)C(C#N)Cc1ccncc1. The summed E-state index contributed by atoms with van der Waals surface area (Å²) in [5.74, 6) is 0.528. The molecule has 1 aromatic heterocycles. The summed E-state index contributed by atoms with van der Waals surface area (Å²) in [4.78, 5) is 3.94. The van der Waals surface area contributed by atoms with Gasteiger partial charge in [0.05, 0.1) is 12.0 Å². The molecule has 1 heterocycles. The van der Waals surface area contributed by atoms with Crippen LogP contribution in [0.5, 0.6) is 0 Å². The van der Waals surface area contributed by atoms with Gasteiger partial charge in [0.15, 0.2) is 0 Å². The summed E-state index contributed by atoms with van der Waals surface area (Å²) in [5, 5.41) is 8.89. The van der Waals surface area contributed by atoms with E-state index in [4.69, 9.17) is 5.26 Å². The topological polar surface area (TPSA) is 36.7 Å². The molecule has 0 saturated carbocycles. The second kappa shape index (κ2) is 4.61. The number of hydrogen-bond donors (Lipinski definition) is 0. The number of pyridine rings is 1. The van der Waals surface area contributed by atoms with Crippen LogP contribution in [0.25, 0.3) is 0 Å². The third-order valence-electron chi connectivity index (χ3n) is 2.18. The fourth-order valence-corrected chi connectivity index (χ4v) is 1.20. The highest BCUT2D eigenvalue weighted by Gasteiger charge is 2.12. The van der Waals surface area contributed by atoms with Gasteiger partial charge >= 0.3 is 0 Å². The minimum atomic E-state index is 0.113. The second-order valence-corrected chi connectivity index (χ2v) is 3.54. The highest BCUT2D eigenvalue weighted by molar-refractivity contribution is 5.12. The number of aromatic nitrogens is 1. The van der Waals surface area contributed by atoms with Crippen molar-refractivity contribution in [2.75, 3.05) is 0 Å². The van der Waals surface area contributed by atoms with E-state index in [-0.39, 0.29) is 5.92 Å². The lowest BCUT2D eigenvalue weighted by atomic mass is 9.91. The fourth-order valence-electron chi connectivity index (χ4n) is 1.20. The van der Waals surface area contributed by atoms with Crippen molar-refractivity contribution in [3.8, 4) is 6.07 Å². The van der Waals surface area contributed by atoms with E-state index in [0.29, 0.717) is 5.92 Å². The molecule has 0 aliphatic rings. The van der Waals surface area contributed by atoms with Crippen molar-refractivity contribution in [2.45, 2.75) is 20.3 Å². The lowest BCUT2D eigenvalue weighted by molar-refractivity contribution is 0.474. The molecule has 0 saturated heterocycles. The predicted molar refractivity (Wildman–Crippen MR) is 51.9 cm³/mol. The highest BCUT2D eigenvalue weighted by atomic mass is 14.6. The van der Waals surface area contributed by atoms with Gasteiger partial charge in [-0.3, -0.25) is 4.98 Å². The zero-order valence-corrected chi connectivity index (χ0v) is 8.07. The van der Waals surface area contributed by atoms with E-state index in [0.717, 1.165) is 6.42 Å². The molecule has 0 aliphatic carbocycles. The summed E-state index contributed by atoms with van der Waals surface area (Å²) in [6.07, 6.45) is 4.37. The molecule has 13 heavy (non-hydrogen) atoms. The first-order valence-electron chi connectivity index (χ1n) is 4.52. The minimum absolute atomic E-state index is 0.113. The average Bonchev–Trinajstić information content (AvgIpc) is 2.15. The zero-order valence-electron chi connectivity index (χ0n) is 8.07. The molecular formula is C11H14N2. The lowest BCUT2D eigenvalue weighted by Gasteiger charge is -2.11. The van der Waals surface area contributed by atoms with Crippen LogP contribution < -0.4 is 0 Å². The molecule has 1 unspecified atom stereocenters. The Morgan fingerprint density at radius 2 is 2.00 bits per heavy atom. The van der Waals surface area contributed by atoms with Gasteiger partial charge in [-0.15, -0.1) is 0 Å².